The molecule has 1 aromatic heterocycles. The van der Waals surface area contributed by atoms with E-state index < -0.39 is 0 Å². The number of carbonyl (C=O) groups excluding carboxylic acids is 1. The van der Waals surface area contributed by atoms with Gasteiger partial charge in [0.2, 0.25) is 5.91 Å². The molecule has 184 valence electrons. The van der Waals surface area contributed by atoms with Gasteiger partial charge in [-0.05, 0) is 71.7 Å². The van der Waals surface area contributed by atoms with Crippen LogP contribution in [0, 0.1) is 5.92 Å². The summed E-state index contributed by atoms with van der Waals surface area (Å²) in [6.07, 6.45) is 5.64. The van der Waals surface area contributed by atoms with Gasteiger partial charge in [-0.2, -0.15) is 0 Å². The van der Waals surface area contributed by atoms with Crippen LogP contribution in [0.1, 0.15) is 41.9 Å². The summed E-state index contributed by atoms with van der Waals surface area (Å²) in [4.78, 5) is 28.5. The molecule has 1 amide bonds. The summed E-state index contributed by atoms with van der Waals surface area (Å²) in [5, 5.41) is 5.85. The number of aryl methyl sites for hydroxylation is 1. The predicted octanol–water partition coefficient (Wildman–Crippen LogP) is 3.61. The molecule has 6 heteroatoms. The van der Waals surface area contributed by atoms with Crippen molar-refractivity contribution in [2.75, 3.05) is 26.8 Å². The van der Waals surface area contributed by atoms with E-state index in [1.807, 2.05) is 12.3 Å². The first-order chi connectivity index (χ1) is 17.0. The van der Waals surface area contributed by atoms with E-state index in [-0.39, 0.29) is 23.3 Å². The molecule has 2 fully saturated rings. The molecule has 2 heterocycles. The maximum absolute atomic E-state index is 14.1. The van der Waals surface area contributed by atoms with Crippen LogP contribution in [0.15, 0.2) is 59.5 Å². The zero-order chi connectivity index (χ0) is 24.4. The van der Waals surface area contributed by atoms with Crippen molar-refractivity contribution in [3.63, 3.8) is 0 Å². The van der Waals surface area contributed by atoms with Gasteiger partial charge in [0.15, 0.2) is 0 Å². The highest BCUT2D eigenvalue weighted by atomic mass is 16.5. The molecule has 2 aliphatic rings. The minimum atomic E-state index is -0.167. The first kappa shape index (κ1) is 23.8. The third-order valence-electron chi connectivity index (χ3n) is 7.57. The van der Waals surface area contributed by atoms with Crippen LogP contribution in [0.4, 0.5) is 0 Å². The van der Waals surface area contributed by atoms with Crippen molar-refractivity contribution < 1.29 is 9.53 Å². The molecule has 0 bridgehead atoms. The van der Waals surface area contributed by atoms with Gasteiger partial charge in [-0.25, -0.2) is 0 Å². The maximum atomic E-state index is 14.1. The molecule has 6 nitrogen and oxygen atoms in total. The summed E-state index contributed by atoms with van der Waals surface area (Å²) in [7, 11) is 3.49. The molecule has 1 N–H and O–H groups in total. The highest BCUT2D eigenvalue weighted by Crippen LogP contribution is 2.36. The van der Waals surface area contributed by atoms with Crippen molar-refractivity contribution >= 4 is 16.7 Å². The average Bonchev–Trinajstić information content (AvgIpc) is 3.72. The Morgan fingerprint density at radius 3 is 2.74 bits per heavy atom. The van der Waals surface area contributed by atoms with Gasteiger partial charge in [0.1, 0.15) is 0 Å². The summed E-state index contributed by atoms with van der Waals surface area (Å²) in [6.45, 7) is 2.80. The number of methoxy groups -OCH3 is 1. The van der Waals surface area contributed by atoms with Crippen LogP contribution in [0.5, 0.6) is 0 Å². The Balaban J connectivity index is 1.46. The molecule has 2 atom stereocenters. The molecular formula is C29H35N3O3. The first-order valence-electron chi connectivity index (χ1n) is 12.7. The van der Waals surface area contributed by atoms with Gasteiger partial charge in [0.25, 0.3) is 5.56 Å². The van der Waals surface area contributed by atoms with Gasteiger partial charge in [-0.3, -0.25) is 9.59 Å². The van der Waals surface area contributed by atoms with E-state index in [1.165, 1.54) is 21.9 Å². The van der Waals surface area contributed by atoms with Crippen molar-refractivity contribution in [3.8, 4) is 0 Å². The van der Waals surface area contributed by atoms with Crippen molar-refractivity contribution in [1.82, 2.24) is 14.8 Å². The summed E-state index contributed by atoms with van der Waals surface area (Å²) >= 11 is 0. The van der Waals surface area contributed by atoms with E-state index in [1.54, 1.807) is 24.8 Å². The number of pyridine rings is 1. The number of benzene rings is 2. The van der Waals surface area contributed by atoms with Crippen LogP contribution >= 0.6 is 0 Å². The Morgan fingerprint density at radius 2 is 1.97 bits per heavy atom. The smallest absolute Gasteiger partial charge is 0.250 e. The topological polar surface area (TPSA) is 63.6 Å². The molecule has 5 rings (SSSR count). The van der Waals surface area contributed by atoms with Gasteiger partial charge in [-0.1, -0.05) is 36.4 Å². The number of nitrogens with one attached hydrogen (secondary N) is 1. The molecule has 1 saturated carbocycles. The lowest BCUT2D eigenvalue weighted by Gasteiger charge is -2.36. The highest BCUT2D eigenvalue weighted by molar-refractivity contribution is 5.87. The van der Waals surface area contributed by atoms with E-state index >= 15 is 0 Å². The van der Waals surface area contributed by atoms with E-state index in [0.29, 0.717) is 25.7 Å². The lowest BCUT2D eigenvalue weighted by Crippen LogP contribution is -2.47. The van der Waals surface area contributed by atoms with Crippen molar-refractivity contribution in [2.24, 2.45) is 13.0 Å². The zero-order valence-electron chi connectivity index (χ0n) is 20.7. The molecule has 0 spiro atoms. The molecule has 2 aromatic carbocycles. The second-order valence-corrected chi connectivity index (χ2v) is 10.0. The van der Waals surface area contributed by atoms with Crippen molar-refractivity contribution in [3.05, 3.63) is 81.8 Å². The van der Waals surface area contributed by atoms with E-state index in [0.717, 1.165) is 37.8 Å². The molecular weight excluding hydrogens is 438 g/mol. The summed E-state index contributed by atoms with van der Waals surface area (Å²) in [5.74, 6) is 0.0971. The van der Waals surface area contributed by atoms with Crippen LogP contribution in [0.3, 0.4) is 0 Å². The fourth-order valence-corrected chi connectivity index (χ4v) is 5.43. The molecule has 1 saturated heterocycles. The number of ether oxygens (including phenoxy) is 1. The largest absolute Gasteiger partial charge is 0.384 e. The van der Waals surface area contributed by atoms with Crippen molar-refractivity contribution in [1.29, 1.82) is 0 Å². The number of amides is 1. The average molecular weight is 474 g/mol. The number of aromatic nitrogens is 1. The van der Waals surface area contributed by atoms with Gasteiger partial charge >= 0.3 is 0 Å². The molecule has 0 radical (unpaired) electrons. The van der Waals surface area contributed by atoms with Gasteiger partial charge in [0, 0.05) is 45.6 Å². The summed E-state index contributed by atoms with van der Waals surface area (Å²) < 4.78 is 6.90. The minimum absolute atomic E-state index is 0.0226. The Hall–Kier alpha value is -2.96. The second kappa shape index (κ2) is 10.3. The predicted molar refractivity (Wildman–Crippen MR) is 139 cm³/mol. The van der Waals surface area contributed by atoms with E-state index in [9.17, 15) is 9.59 Å². The van der Waals surface area contributed by atoms with Crippen LogP contribution in [0.2, 0.25) is 0 Å². The van der Waals surface area contributed by atoms with Gasteiger partial charge < -0.3 is 19.5 Å². The van der Waals surface area contributed by atoms with E-state index in [2.05, 4.69) is 46.6 Å². The molecule has 2 unspecified atom stereocenters. The molecule has 3 aromatic rings. The first-order valence-corrected chi connectivity index (χ1v) is 12.7. The van der Waals surface area contributed by atoms with E-state index in [4.69, 9.17) is 4.74 Å². The quantitative estimate of drug-likeness (QED) is 0.543. The standard InChI is InChI=1S/C29H35N3O3/c1-31-13-10-22(17-28(31)33)26-9-12-30-18-27(26)29(34)32(24-7-8-24)19-23-16-20(11-14-35-2)15-21-5-3-4-6-25(21)23/h3-6,10,13,15-17,24,26-27,30H,7-9,11-12,14,18-19H2,1-2H3. The third kappa shape index (κ3) is 5.19. The Kier molecular flexibility index (Phi) is 7.02. The molecule has 35 heavy (non-hydrogen) atoms. The fraction of sp³-hybridized carbons (Fsp3) is 0.448. The number of hydrogen-bond donors (Lipinski definition) is 1. The second-order valence-electron chi connectivity index (χ2n) is 10.0. The van der Waals surface area contributed by atoms with Crippen LogP contribution in [0.25, 0.3) is 10.8 Å². The number of nitrogens with zero attached hydrogens (tertiary/aromatic N) is 2. The monoisotopic (exact) mass is 473 g/mol. The van der Waals surface area contributed by atoms with Crippen LogP contribution in [-0.4, -0.2) is 48.2 Å². The Labute approximate surface area is 206 Å². The summed E-state index contributed by atoms with van der Waals surface area (Å²) in [6, 6.07) is 16.9. The summed E-state index contributed by atoms with van der Waals surface area (Å²) in [5.41, 5.74) is 3.39. The Morgan fingerprint density at radius 1 is 1.14 bits per heavy atom. The maximum Gasteiger partial charge on any atom is 0.250 e. The minimum Gasteiger partial charge on any atom is -0.384 e. The number of hydrogen-bond acceptors (Lipinski definition) is 4. The lowest BCUT2D eigenvalue weighted by molar-refractivity contribution is -0.138. The van der Waals surface area contributed by atoms with Crippen LogP contribution in [-0.2, 0) is 29.5 Å². The SMILES string of the molecule is COCCc1cc(CN(C(=O)C2CNCCC2c2ccn(C)c(=O)c2)C2CC2)c2ccccc2c1. The third-order valence-corrected chi connectivity index (χ3v) is 7.57. The van der Waals surface area contributed by atoms with Crippen LogP contribution < -0.4 is 10.9 Å². The normalized spacial score (nSPS) is 20.2. The van der Waals surface area contributed by atoms with Gasteiger partial charge in [0.05, 0.1) is 12.5 Å². The number of piperidine rings is 1. The lowest BCUT2D eigenvalue weighted by atomic mass is 9.80. The molecule has 1 aliphatic carbocycles. The molecule has 1 aliphatic heterocycles. The zero-order valence-corrected chi connectivity index (χ0v) is 20.7. The number of carbonyl (C=O) groups is 1. The van der Waals surface area contributed by atoms with Crippen molar-refractivity contribution in [2.45, 2.75) is 44.2 Å². The number of rotatable bonds is 8. The Bertz CT molecular complexity index is 1260. The number of fused-ring (bicyclic) bond motifs is 1. The van der Waals surface area contributed by atoms with Gasteiger partial charge in [-0.15, -0.1) is 0 Å². The highest BCUT2D eigenvalue weighted by Gasteiger charge is 2.40. The fourth-order valence-electron chi connectivity index (χ4n) is 5.43.